The molecule has 1 unspecified atom stereocenters. The molecule has 6 heteroatoms. The third-order valence-electron chi connectivity index (χ3n) is 2.28. The van der Waals surface area contributed by atoms with Gasteiger partial charge in [-0.25, -0.2) is 0 Å². The minimum absolute atomic E-state index is 0.174. The van der Waals surface area contributed by atoms with Gasteiger partial charge in [-0.05, 0) is 0 Å². The molecule has 1 aromatic carbocycles. The molecular weight excluding hydrogens is 317 g/mol. The van der Waals surface area contributed by atoms with Gasteiger partial charge in [0, 0.05) is 0 Å². The number of carbonyl (C=O) groups excluding carboxylic acids is 1. The quantitative estimate of drug-likeness (QED) is 0.328. The first-order valence-electron chi connectivity index (χ1n) is 5.54. The van der Waals surface area contributed by atoms with Crippen molar-refractivity contribution < 1.29 is 4.79 Å². The predicted octanol–water partition coefficient (Wildman–Crippen LogP) is 3.14. The molecule has 4 nitrogen and oxygen atoms in total. The SMILES string of the molecule is CC(=O)CCC(CN=[N+]=[N-])[Se]c1ccc(Cl)cc1. The van der Waals surface area contributed by atoms with Gasteiger partial charge in [0.05, 0.1) is 0 Å². The van der Waals surface area contributed by atoms with Crippen molar-refractivity contribution in [1.29, 1.82) is 0 Å². The summed E-state index contributed by atoms with van der Waals surface area (Å²) in [5.41, 5.74) is 8.38. The van der Waals surface area contributed by atoms with Crippen molar-refractivity contribution in [2.24, 2.45) is 5.11 Å². The second kappa shape index (κ2) is 8.17. The van der Waals surface area contributed by atoms with Crippen LogP contribution in [0.4, 0.5) is 0 Å². The summed E-state index contributed by atoms with van der Waals surface area (Å²) in [7, 11) is 0. The number of azide groups is 1. The molecule has 0 aliphatic carbocycles. The van der Waals surface area contributed by atoms with Gasteiger partial charge in [-0.3, -0.25) is 0 Å². The molecule has 18 heavy (non-hydrogen) atoms. The third kappa shape index (κ3) is 6.08. The number of hydrogen-bond acceptors (Lipinski definition) is 2. The fourth-order valence-corrected chi connectivity index (χ4v) is 3.72. The van der Waals surface area contributed by atoms with E-state index in [4.69, 9.17) is 17.1 Å². The van der Waals surface area contributed by atoms with Crippen LogP contribution in [-0.2, 0) is 4.79 Å². The molecule has 0 saturated heterocycles. The molecule has 0 aliphatic heterocycles. The van der Waals surface area contributed by atoms with E-state index in [0.29, 0.717) is 18.0 Å². The molecule has 0 N–H and O–H groups in total. The van der Waals surface area contributed by atoms with Crippen LogP contribution in [-0.4, -0.2) is 27.3 Å². The molecule has 96 valence electrons. The van der Waals surface area contributed by atoms with Crippen LogP contribution in [0, 0.1) is 0 Å². The molecule has 0 saturated carbocycles. The Morgan fingerprint density at radius 3 is 2.72 bits per heavy atom. The monoisotopic (exact) mass is 331 g/mol. The van der Waals surface area contributed by atoms with Crippen molar-refractivity contribution in [3.05, 3.63) is 39.7 Å². The first-order chi connectivity index (χ1) is 8.61. The van der Waals surface area contributed by atoms with E-state index in [1.807, 2.05) is 24.3 Å². The molecule has 0 fully saturated rings. The van der Waals surface area contributed by atoms with Gasteiger partial charge >= 0.3 is 118 Å². The van der Waals surface area contributed by atoms with Gasteiger partial charge in [0.15, 0.2) is 0 Å². The van der Waals surface area contributed by atoms with Crippen LogP contribution in [0.2, 0.25) is 9.84 Å². The summed E-state index contributed by atoms with van der Waals surface area (Å²) in [6.45, 7) is 2.03. The van der Waals surface area contributed by atoms with E-state index in [1.165, 1.54) is 4.46 Å². The number of halogens is 1. The summed E-state index contributed by atoms with van der Waals surface area (Å²) >= 11 is 6.02. The average Bonchev–Trinajstić information content (AvgIpc) is 2.35. The van der Waals surface area contributed by atoms with Crippen molar-refractivity contribution >= 4 is 36.8 Å². The summed E-state index contributed by atoms with van der Waals surface area (Å²) < 4.78 is 1.20. The van der Waals surface area contributed by atoms with Crippen LogP contribution in [0.3, 0.4) is 0 Å². The van der Waals surface area contributed by atoms with Crippen molar-refractivity contribution in [2.45, 2.75) is 24.6 Å². The zero-order chi connectivity index (χ0) is 13.4. The Morgan fingerprint density at radius 2 is 2.17 bits per heavy atom. The predicted molar refractivity (Wildman–Crippen MR) is 74.5 cm³/mol. The minimum atomic E-state index is 0.174. The average molecular weight is 331 g/mol. The topological polar surface area (TPSA) is 65.8 Å². The van der Waals surface area contributed by atoms with Crippen LogP contribution in [0.5, 0.6) is 0 Å². The van der Waals surface area contributed by atoms with Gasteiger partial charge < -0.3 is 0 Å². The molecule has 0 aromatic heterocycles. The summed E-state index contributed by atoms with van der Waals surface area (Å²) in [5, 5.41) is 4.34. The van der Waals surface area contributed by atoms with Crippen LogP contribution in [0.25, 0.3) is 10.4 Å². The standard InChI is InChI=1S/C12H14ClN3OSe/c1-9(17)2-5-12(8-15-16-14)18-11-6-3-10(13)4-7-11/h3-4,6-7,12H,2,5,8H2,1H3. The van der Waals surface area contributed by atoms with Crippen molar-refractivity contribution in [2.75, 3.05) is 6.54 Å². The number of ketones is 1. The Hall–Kier alpha value is -0.991. The van der Waals surface area contributed by atoms with E-state index >= 15 is 0 Å². The van der Waals surface area contributed by atoms with E-state index in [0.717, 1.165) is 6.42 Å². The van der Waals surface area contributed by atoms with Crippen molar-refractivity contribution in [1.82, 2.24) is 0 Å². The molecule has 0 heterocycles. The number of nitrogens with zero attached hydrogens (tertiary/aromatic N) is 3. The molecule has 0 spiro atoms. The molecule has 0 radical (unpaired) electrons. The second-order valence-corrected chi connectivity index (χ2v) is 7.17. The molecule has 0 amide bonds. The van der Waals surface area contributed by atoms with Gasteiger partial charge in [0.25, 0.3) is 0 Å². The van der Waals surface area contributed by atoms with Gasteiger partial charge in [-0.1, -0.05) is 0 Å². The number of rotatable bonds is 7. The molecular formula is C12H14ClN3OSe. The van der Waals surface area contributed by atoms with E-state index in [1.54, 1.807) is 6.92 Å². The molecule has 0 bridgehead atoms. The number of Topliss-reactive ketones (excluding diaryl/α,β-unsaturated/α-hetero) is 1. The third-order valence-corrected chi connectivity index (χ3v) is 5.18. The van der Waals surface area contributed by atoms with E-state index in [2.05, 4.69) is 10.0 Å². The first-order valence-corrected chi connectivity index (χ1v) is 7.76. The van der Waals surface area contributed by atoms with Crippen LogP contribution in [0.15, 0.2) is 29.4 Å². The van der Waals surface area contributed by atoms with Gasteiger partial charge in [0.1, 0.15) is 0 Å². The first kappa shape index (κ1) is 15.1. The Morgan fingerprint density at radius 1 is 1.50 bits per heavy atom. The molecule has 1 rings (SSSR count). The van der Waals surface area contributed by atoms with Crippen molar-refractivity contribution in [3.8, 4) is 0 Å². The van der Waals surface area contributed by atoms with Crippen molar-refractivity contribution in [3.63, 3.8) is 0 Å². The normalized spacial score (nSPS) is 11.7. The van der Waals surface area contributed by atoms with E-state index in [9.17, 15) is 4.79 Å². The molecule has 0 aliphatic rings. The van der Waals surface area contributed by atoms with E-state index in [-0.39, 0.29) is 25.6 Å². The van der Waals surface area contributed by atoms with E-state index < -0.39 is 0 Å². The summed E-state index contributed by atoms with van der Waals surface area (Å²) in [6.07, 6.45) is 1.32. The van der Waals surface area contributed by atoms with Crippen LogP contribution < -0.4 is 4.46 Å². The Labute approximate surface area is 118 Å². The maximum atomic E-state index is 11.0. The Bertz CT molecular complexity index is 443. The van der Waals surface area contributed by atoms with Gasteiger partial charge in [-0.2, -0.15) is 0 Å². The molecule has 1 aromatic rings. The maximum absolute atomic E-state index is 11.0. The number of hydrogen-bond donors (Lipinski definition) is 0. The van der Waals surface area contributed by atoms with Gasteiger partial charge in [0.2, 0.25) is 0 Å². The summed E-state index contributed by atoms with van der Waals surface area (Å²) in [5.74, 6) is 0.174. The fraction of sp³-hybridized carbons (Fsp3) is 0.417. The van der Waals surface area contributed by atoms with Gasteiger partial charge in [-0.15, -0.1) is 0 Å². The fourth-order valence-electron chi connectivity index (χ4n) is 1.38. The number of carbonyl (C=O) groups is 1. The zero-order valence-electron chi connectivity index (χ0n) is 10.0. The van der Waals surface area contributed by atoms with Crippen LogP contribution in [0.1, 0.15) is 19.8 Å². The molecule has 1 atom stereocenters. The summed E-state index contributed by atoms with van der Waals surface area (Å²) in [6, 6.07) is 7.68. The van der Waals surface area contributed by atoms with Crippen LogP contribution >= 0.6 is 11.6 Å². The number of benzene rings is 1. The Balaban J connectivity index is 2.61. The second-order valence-electron chi connectivity index (χ2n) is 3.85. The summed E-state index contributed by atoms with van der Waals surface area (Å²) in [4.78, 5) is 14.1. The zero-order valence-corrected chi connectivity index (χ0v) is 12.5. The Kier molecular flexibility index (Phi) is 6.84.